The highest BCUT2D eigenvalue weighted by molar-refractivity contribution is 5.94. The van der Waals surface area contributed by atoms with E-state index in [4.69, 9.17) is 9.40 Å². The number of fused-ring (bicyclic) bond motifs is 2. The van der Waals surface area contributed by atoms with Crippen molar-refractivity contribution in [2.75, 3.05) is 0 Å². The minimum Gasteiger partial charge on any atom is -0.436 e. The molecule has 0 aliphatic rings. The van der Waals surface area contributed by atoms with E-state index in [-0.39, 0.29) is 0 Å². The van der Waals surface area contributed by atoms with Crippen LogP contribution in [0.2, 0.25) is 0 Å². The Hall–Kier alpha value is -4.96. The molecule has 0 N–H and O–H groups in total. The van der Waals surface area contributed by atoms with Gasteiger partial charge in [0.25, 0.3) is 5.82 Å². The van der Waals surface area contributed by atoms with E-state index in [2.05, 4.69) is 124 Å². The van der Waals surface area contributed by atoms with Crippen molar-refractivity contribution in [3.63, 3.8) is 0 Å². The molecule has 7 aromatic rings. The molecule has 4 heteroatoms. The molecule has 0 aliphatic heterocycles. The zero-order valence-electron chi connectivity index (χ0n) is 26.3. The summed E-state index contributed by atoms with van der Waals surface area (Å²) < 4.78 is 11.2. The third-order valence-corrected chi connectivity index (χ3v) is 8.77. The molecule has 0 amide bonds. The average molecular weight is 577 g/mol. The van der Waals surface area contributed by atoms with Gasteiger partial charge in [-0.05, 0) is 77.9 Å². The van der Waals surface area contributed by atoms with Gasteiger partial charge >= 0.3 is 0 Å². The Morgan fingerprint density at radius 2 is 1.27 bits per heavy atom. The second-order valence-corrected chi connectivity index (χ2v) is 12.4. The normalized spacial score (nSPS) is 11.8. The number of imidazole rings is 1. The summed E-state index contributed by atoms with van der Waals surface area (Å²) in [5.41, 5.74) is 13.6. The zero-order chi connectivity index (χ0) is 30.5. The van der Waals surface area contributed by atoms with Gasteiger partial charge in [0.05, 0.1) is 12.6 Å². The van der Waals surface area contributed by atoms with Crippen LogP contribution in [-0.2, 0) is 7.05 Å². The monoisotopic (exact) mass is 576 g/mol. The number of para-hydroxylation sites is 2. The fraction of sp³-hybridized carbons (Fsp3) is 0.200. The minimum absolute atomic E-state index is 0.305. The van der Waals surface area contributed by atoms with Gasteiger partial charge in [-0.1, -0.05) is 94.4 Å². The van der Waals surface area contributed by atoms with Crippen LogP contribution < -0.4 is 4.57 Å². The van der Waals surface area contributed by atoms with E-state index in [1.54, 1.807) is 0 Å². The van der Waals surface area contributed by atoms with Crippen LogP contribution >= 0.6 is 0 Å². The molecule has 0 fully saturated rings. The highest BCUT2D eigenvalue weighted by Gasteiger charge is 2.33. The van der Waals surface area contributed by atoms with Gasteiger partial charge in [-0.25, -0.2) is 9.55 Å². The molecular formula is C40H38N3O+. The lowest BCUT2D eigenvalue weighted by atomic mass is 9.88. The lowest BCUT2D eigenvalue weighted by Gasteiger charge is -2.21. The number of hydrogen-bond donors (Lipinski definition) is 0. The molecule has 2 aromatic heterocycles. The number of rotatable bonds is 6. The van der Waals surface area contributed by atoms with Crippen molar-refractivity contribution >= 4 is 22.1 Å². The van der Waals surface area contributed by atoms with Gasteiger partial charge in [0.2, 0.25) is 5.89 Å². The highest BCUT2D eigenvalue weighted by atomic mass is 16.3. The Morgan fingerprint density at radius 3 is 1.91 bits per heavy atom. The summed E-state index contributed by atoms with van der Waals surface area (Å²) in [6.07, 6.45) is 0. The third kappa shape index (κ3) is 4.53. The first-order valence-electron chi connectivity index (χ1n) is 15.5. The first kappa shape index (κ1) is 27.8. The second kappa shape index (κ2) is 10.9. The molecule has 0 saturated carbocycles. The Labute approximate surface area is 259 Å². The van der Waals surface area contributed by atoms with Crippen LogP contribution in [0.25, 0.3) is 61.8 Å². The number of aryl methyl sites for hydroxylation is 2. The van der Waals surface area contributed by atoms with Gasteiger partial charge in [0.15, 0.2) is 16.6 Å². The number of benzene rings is 5. The van der Waals surface area contributed by atoms with E-state index in [9.17, 15) is 0 Å². The van der Waals surface area contributed by atoms with Crippen LogP contribution in [0.15, 0.2) is 114 Å². The number of nitrogens with zero attached hydrogens (tertiary/aromatic N) is 3. The van der Waals surface area contributed by atoms with E-state index in [1.807, 2.05) is 36.4 Å². The van der Waals surface area contributed by atoms with Gasteiger partial charge in [0, 0.05) is 16.7 Å². The van der Waals surface area contributed by atoms with Crippen LogP contribution in [0.1, 0.15) is 56.2 Å². The van der Waals surface area contributed by atoms with Crippen molar-refractivity contribution in [1.82, 2.24) is 9.55 Å². The van der Waals surface area contributed by atoms with E-state index in [0.29, 0.717) is 17.7 Å². The molecule has 0 unspecified atom stereocenters. The molecule has 0 radical (unpaired) electrons. The maximum absolute atomic E-state index is 6.39. The Morgan fingerprint density at radius 1 is 0.682 bits per heavy atom. The summed E-state index contributed by atoms with van der Waals surface area (Å²) in [5.74, 6) is 2.34. The van der Waals surface area contributed by atoms with Gasteiger partial charge in [-0.3, -0.25) is 0 Å². The predicted octanol–water partition coefficient (Wildman–Crippen LogP) is 10.2. The largest absolute Gasteiger partial charge is 0.436 e. The summed E-state index contributed by atoms with van der Waals surface area (Å²) in [6, 6.07) is 38.6. The molecule has 0 aliphatic carbocycles. The van der Waals surface area contributed by atoms with Gasteiger partial charge in [0.1, 0.15) is 11.2 Å². The van der Waals surface area contributed by atoms with Gasteiger partial charge in [-0.2, -0.15) is 4.57 Å². The smallest absolute Gasteiger partial charge is 0.297 e. The lowest BCUT2D eigenvalue weighted by molar-refractivity contribution is -0.633. The van der Waals surface area contributed by atoms with Crippen molar-refractivity contribution in [1.29, 1.82) is 0 Å². The van der Waals surface area contributed by atoms with Crippen molar-refractivity contribution in [2.45, 2.75) is 46.5 Å². The molecule has 44 heavy (non-hydrogen) atoms. The maximum atomic E-state index is 6.39. The third-order valence-electron chi connectivity index (χ3n) is 8.77. The Bertz CT molecular complexity index is 2100. The molecule has 0 saturated heterocycles. The first-order chi connectivity index (χ1) is 21.3. The summed E-state index contributed by atoms with van der Waals surface area (Å²) in [6.45, 7) is 11.4. The Balaban J connectivity index is 1.60. The number of oxazole rings is 1. The SMILES string of the molecule is Cc1ccc2oc(-c3ccccc3)nc2c1-c1n(-c2c(C(C)C)cc(-c3ccccc3)cc2C(C)C)c2ccccc2[n+]1C. The van der Waals surface area contributed by atoms with E-state index in [1.165, 1.54) is 39.0 Å². The van der Waals surface area contributed by atoms with Gasteiger partial charge in [-0.15, -0.1) is 0 Å². The fourth-order valence-electron chi connectivity index (χ4n) is 6.52. The van der Waals surface area contributed by atoms with Crippen LogP contribution in [0.4, 0.5) is 0 Å². The fourth-order valence-corrected chi connectivity index (χ4v) is 6.52. The van der Waals surface area contributed by atoms with Crippen molar-refractivity contribution in [3.8, 4) is 39.7 Å². The summed E-state index contributed by atoms with van der Waals surface area (Å²) in [4.78, 5) is 5.14. The standard InChI is InChI=1S/C40H38N3O/c1-25(2)31-23-30(28-15-9-7-10-16-28)24-32(26(3)4)38(31)43-34-20-14-13-19-33(34)42(6)40(43)36-27(5)21-22-35-37(36)41-39(44-35)29-17-11-8-12-18-29/h7-26H,1-6H3/q+1. The van der Waals surface area contributed by atoms with Crippen LogP contribution in [-0.4, -0.2) is 9.55 Å². The molecule has 7 rings (SSSR count). The van der Waals surface area contributed by atoms with Crippen molar-refractivity contribution in [3.05, 3.63) is 126 Å². The lowest BCUT2D eigenvalue weighted by Crippen LogP contribution is -2.30. The van der Waals surface area contributed by atoms with Crippen LogP contribution in [0.3, 0.4) is 0 Å². The quantitative estimate of drug-likeness (QED) is 0.185. The molecule has 5 aromatic carbocycles. The molecule has 0 atom stereocenters. The Kier molecular flexibility index (Phi) is 6.93. The summed E-state index contributed by atoms with van der Waals surface area (Å²) in [5, 5.41) is 0. The molecule has 4 nitrogen and oxygen atoms in total. The summed E-state index contributed by atoms with van der Waals surface area (Å²) in [7, 11) is 2.17. The second-order valence-electron chi connectivity index (χ2n) is 12.4. The molecular weight excluding hydrogens is 538 g/mol. The van der Waals surface area contributed by atoms with Crippen molar-refractivity contribution in [2.24, 2.45) is 7.05 Å². The summed E-state index contributed by atoms with van der Waals surface area (Å²) >= 11 is 0. The molecule has 2 heterocycles. The number of aromatic nitrogens is 3. The van der Waals surface area contributed by atoms with Crippen LogP contribution in [0.5, 0.6) is 0 Å². The predicted molar refractivity (Wildman–Crippen MR) is 181 cm³/mol. The number of hydrogen-bond acceptors (Lipinski definition) is 2. The first-order valence-corrected chi connectivity index (χ1v) is 15.5. The highest BCUT2D eigenvalue weighted by Crippen LogP contribution is 2.41. The molecule has 218 valence electrons. The van der Waals surface area contributed by atoms with Crippen LogP contribution in [0, 0.1) is 6.92 Å². The van der Waals surface area contributed by atoms with E-state index in [0.717, 1.165) is 33.6 Å². The van der Waals surface area contributed by atoms with E-state index < -0.39 is 0 Å². The topological polar surface area (TPSA) is 34.8 Å². The van der Waals surface area contributed by atoms with E-state index >= 15 is 0 Å². The van der Waals surface area contributed by atoms with Crippen molar-refractivity contribution < 1.29 is 8.98 Å². The minimum atomic E-state index is 0.305. The molecule has 0 bridgehead atoms. The zero-order valence-corrected chi connectivity index (χ0v) is 26.3. The van der Waals surface area contributed by atoms with Gasteiger partial charge < -0.3 is 4.42 Å². The molecule has 0 spiro atoms. The average Bonchev–Trinajstić information content (AvgIpc) is 3.60. The maximum Gasteiger partial charge on any atom is 0.297 e.